The van der Waals surface area contributed by atoms with Crippen molar-refractivity contribution < 1.29 is 29.0 Å². The number of allylic oxidation sites excluding steroid dienone is 2. The predicted octanol–water partition coefficient (Wildman–Crippen LogP) is 6.04. The van der Waals surface area contributed by atoms with Crippen LogP contribution in [0.2, 0.25) is 5.02 Å². The number of carbonyl (C=O) groups excluding carboxylic acids is 4. The van der Waals surface area contributed by atoms with E-state index in [1.165, 1.54) is 7.11 Å². The number of alkyl halides is 3. The van der Waals surface area contributed by atoms with Gasteiger partial charge in [-0.05, 0) is 55.5 Å². The zero-order valence-corrected chi connectivity index (χ0v) is 27.6. The van der Waals surface area contributed by atoms with Gasteiger partial charge in [-0.2, -0.15) is 0 Å². The van der Waals surface area contributed by atoms with E-state index in [0.29, 0.717) is 20.8 Å². The maximum Gasteiger partial charge on any atom is 0.254 e. The average molecular weight is 762 g/mol. The molecule has 0 radical (unpaired) electrons. The molecule has 1 saturated carbocycles. The molecule has 220 valence electrons. The molecule has 0 spiro atoms. The van der Waals surface area contributed by atoms with Gasteiger partial charge in [0.15, 0.2) is 21.2 Å². The van der Waals surface area contributed by atoms with Crippen LogP contribution in [0.3, 0.4) is 0 Å². The Bertz CT molecular complexity index is 1630. The number of anilines is 1. The second-order valence-corrected chi connectivity index (χ2v) is 14.0. The van der Waals surface area contributed by atoms with Gasteiger partial charge in [0.25, 0.3) is 11.8 Å². The average Bonchev–Trinajstić information content (AvgIpc) is 3.29. The summed E-state index contributed by atoms with van der Waals surface area (Å²) in [7, 11) is 1.38. The highest BCUT2D eigenvalue weighted by atomic mass is 79.9. The molecule has 42 heavy (non-hydrogen) atoms. The summed E-state index contributed by atoms with van der Waals surface area (Å²) >= 11 is 27.4. The monoisotopic (exact) mass is 758 g/mol. The minimum absolute atomic E-state index is 0.111. The van der Waals surface area contributed by atoms with Crippen LogP contribution in [0.5, 0.6) is 11.5 Å². The summed E-state index contributed by atoms with van der Waals surface area (Å²) < 4.78 is 5.89. The van der Waals surface area contributed by atoms with Gasteiger partial charge in [-0.1, -0.05) is 61.2 Å². The van der Waals surface area contributed by atoms with Crippen LogP contribution in [0.1, 0.15) is 29.9 Å². The van der Waals surface area contributed by atoms with Gasteiger partial charge in [0.2, 0.25) is 11.8 Å². The number of nitrogens with zero attached hydrogens (tertiary/aromatic N) is 2. The standard InChI is InChI=1S/C29H23Br2Cl3N2O6/c1-12-3-4-14(9-19(12)32)36-24(38)16-6-5-15-18(21(16)25(36)39)10-28(33)26(40)35(11-30)27(41)29(28,34)22(15)17-7-13(31)8-20(42-2)23(17)37/h3-5,7-9,16,18,21-22,37H,6,10-11H2,1-2H3/t16-,18+,21-,22+,28+,29-/m0/s1. The Hall–Kier alpha value is -2.11. The summed E-state index contributed by atoms with van der Waals surface area (Å²) in [5.74, 6) is -5.92. The molecule has 13 heteroatoms. The fraction of sp³-hybridized carbons (Fsp3) is 0.379. The molecule has 3 fully saturated rings. The smallest absolute Gasteiger partial charge is 0.254 e. The molecule has 2 aliphatic heterocycles. The molecule has 2 aliphatic carbocycles. The summed E-state index contributed by atoms with van der Waals surface area (Å²) in [6.07, 6.45) is 1.82. The molecular formula is C29H23Br2Cl3N2O6. The number of amides is 4. The van der Waals surface area contributed by atoms with E-state index in [4.69, 9.17) is 39.5 Å². The number of rotatable bonds is 4. The Morgan fingerprint density at radius 1 is 1.07 bits per heavy atom. The molecule has 6 atom stereocenters. The van der Waals surface area contributed by atoms with Gasteiger partial charge >= 0.3 is 0 Å². The number of ether oxygens (including phenoxy) is 1. The van der Waals surface area contributed by atoms with E-state index in [1.54, 1.807) is 36.4 Å². The molecule has 4 aliphatic rings. The third kappa shape index (κ3) is 3.84. The topological polar surface area (TPSA) is 104 Å². The molecule has 2 aromatic rings. The Morgan fingerprint density at radius 2 is 1.79 bits per heavy atom. The van der Waals surface area contributed by atoms with E-state index in [-0.39, 0.29) is 41.3 Å². The first kappa shape index (κ1) is 29.9. The first-order valence-electron chi connectivity index (χ1n) is 13.0. The Kier molecular flexibility index (Phi) is 7.29. The van der Waals surface area contributed by atoms with Gasteiger partial charge in [-0.15, -0.1) is 23.2 Å². The van der Waals surface area contributed by atoms with Crippen LogP contribution in [0.25, 0.3) is 0 Å². The summed E-state index contributed by atoms with van der Waals surface area (Å²) in [4.78, 5) is 53.6. The van der Waals surface area contributed by atoms with Gasteiger partial charge in [0.1, 0.15) is 0 Å². The lowest BCUT2D eigenvalue weighted by Gasteiger charge is -2.50. The van der Waals surface area contributed by atoms with Crippen LogP contribution in [0, 0.1) is 24.7 Å². The van der Waals surface area contributed by atoms with Crippen LogP contribution >= 0.6 is 66.7 Å². The van der Waals surface area contributed by atoms with Crippen molar-refractivity contribution in [2.45, 2.75) is 35.4 Å². The van der Waals surface area contributed by atoms with Crippen molar-refractivity contribution in [3.05, 3.63) is 62.6 Å². The van der Waals surface area contributed by atoms with E-state index in [1.807, 2.05) is 6.92 Å². The second-order valence-electron chi connectivity index (χ2n) is 11.0. The molecule has 2 aromatic carbocycles. The highest BCUT2D eigenvalue weighted by molar-refractivity contribution is 9.10. The van der Waals surface area contributed by atoms with Crippen molar-refractivity contribution in [3.8, 4) is 11.5 Å². The summed E-state index contributed by atoms with van der Waals surface area (Å²) in [5.41, 5.74) is 1.75. The number of likely N-dealkylation sites (tertiary alicyclic amines) is 1. The number of phenols is 1. The molecule has 8 nitrogen and oxygen atoms in total. The van der Waals surface area contributed by atoms with Crippen molar-refractivity contribution in [1.29, 1.82) is 0 Å². The molecular weight excluding hydrogens is 738 g/mol. The largest absolute Gasteiger partial charge is 0.504 e. The molecule has 0 aromatic heterocycles. The first-order valence-corrected chi connectivity index (χ1v) is 16.1. The Labute approximate surface area is 273 Å². The normalized spacial score (nSPS) is 32.1. The zero-order chi connectivity index (χ0) is 30.5. The third-order valence-electron chi connectivity index (χ3n) is 9.03. The summed E-state index contributed by atoms with van der Waals surface area (Å²) in [6.45, 7) is 1.82. The van der Waals surface area contributed by atoms with Gasteiger partial charge in [0.05, 0.1) is 30.1 Å². The number of aryl methyl sites for hydroxylation is 1. The highest BCUT2D eigenvalue weighted by Crippen LogP contribution is 2.66. The molecule has 1 N–H and O–H groups in total. The SMILES string of the molecule is COc1cc(Br)cc([C@H]2C3=CC[C@@H]4C(=O)N(c5ccc(C)c(Cl)c5)C(=O)[C@@H]4[C@@H]3C[C@@]3(Cl)C(=O)N(CBr)C(=O)[C@@]23Cl)c1O. The molecule has 2 saturated heterocycles. The number of hydrogen-bond acceptors (Lipinski definition) is 6. The van der Waals surface area contributed by atoms with Crippen molar-refractivity contribution in [3.63, 3.8) is 0 Å². The number of phenolic OH excluding ortho intramolecular Hbond substituents is 1. The van der Waals surface area contributed by atoms with Gasteiger partial charge in [0, 0.05) is 21.0 Å². The number of carbonyl (C=O) groups is 4. The lowest BCUT2D eigenvalue weighted by atomic mass is 9.56. The van der Waals surface area contributed by atoms with Crippen molar-refractivity contribution in [2.75, 3.05) is 17.5 Å². The molecule has 2 heterocycles. The molecule has 4 amide bonds. The molecule has 0 bridgehead atoms. The van der Waals surface area contributed by atoms with Crippen molar-refractivity contribution in [1.82, 2.24) is 4.90 Å². The van der Waals surface area contributed by atoms with Crippen LogP contribution in [0.4, 0.5) is 5.69 Å². The van der Waals surface area contributed by atoms with Gasteiger partial charge in [-0.3, -0.25) is 24.1 Å². The Balaban J connectivity index is 1.55. The highest BCUT2D eigenvalue weighted by Gasteiger charge is 2.76. The number of hydrogen-bond donors (Lipinski definition) is 1. The number of methoxy groups -OCH3 is 1. The van der Waals surface area contributed by atoms with Crippen molar-refractivity contribution in [2.24, 2.45) is 17.8 Å². The van der Waals surface area contributed by atoms with Crippen LogP contribution < -0.4 is 9.64 Å². The maximum absolute atomic E-state index is 14.1. The summed E-state index contributed by atoms with van der Waals surface area (Å²) in [6, 6.07) is 8.12. The fourth-order valence-electron chi connectivity index (χ4n) is 7.04. The number of benzene rings is 2. The predicted molar refractivity (Wildman–Crippen MR) is 164 cm³/mol. The zero-order valence-electron chi connectivity index (χ0n) is 22.2. The maximum atomic E-state index is 14.1. The van der Waals surface area contributed by atoms with E-state index < -0.39 is 51.1 Å². The lowest BCUT2D eigenvalue weighted by molar-refractivity contribution is -0.138. The van der Waals surface area contributed by atoms with E-state index >= 15 is 0 Å². The van der Waals surface area contributed by atoms with Crippen LogP contribution in [0.15, 0.2) is 46.5 Å². The van der Waals surface area contributed by atoms with Gasteiger partial charge in [-0.25, -0.2) is 4.90 Å². The third-order valence-corrected chi connectivity index (χ3v) is 11.8. The van der Waals surface area contributed by atoms with Crippen molar-refractivity contribution >= 4 is 96.0 Å². The van der Waals surface area contributed by atoms with Gasteiger partial charge < -0.3 is 9.84 Å². The number of halogens is 5. The quantitative estimate of drug-likeness (QED) is 0.177. The number of aromatic hydroxyl groups is 1. The van der Waals surface area contributed by atoms with Crippen LogP contribution in [-0.4, -0.2) is 55.9 Å². The molecule has 0 unspecified atom stereocenters. The lowest BCUT2D eigenvalue weighted by Crippen LogP contribution is -2.60. The number of imide groups is 2. The second kappa shape index (κ2) is 10.2. The minimum atomic E-state index is -2.05. The van der Waals surface area contributed by atoms with E-state index in [0.717, 1.165) is 15.4 Å². The number of fused-ring (bicyclic) bond motifs is 4. The minimum Gasteiger partial charge on any atom is -0.504 e. The molecule has 6 rings (SSSR count). The summed E-state index contributed by atoms with van der Waals surface area (Å²) in [5, 5.41) is 11.7. The van der Waals surface area contributed by atoms with Crippen LogP contribution in [-0.2, 0) is 19.2 Å². The van der Waals surface area contributed by atoms with E-state index in [2.05, 4.69) is 31.9 Å². The fourth-order valence-corrected chi connectivity index (χ4v) is 9.09. The Morgan fingerprint density at radius 3 is 2.43 bits per heavy atom. The first-order chi connectivity index (χ1) is 19.8. The van der Waals surface area contributed by atoms with E-state index in [9.17, 15) is 24.3 Å².